The minimum atomic E-state index is -3.75. The minimum Gasteiger partial charge on any atom is -0.389 e. The van der Waals surface area contributed by atoms with Crippen LogP contribution < -0.4 is 0 Å². The van der Waals surface area contributed by atoms with Crippen LogP contribution in [0.2, 0.25) is 0 Å². The van der Waals surface area contributed by atoms with Crippen LogP contribution in [0.15, 0.2) is 24.5 Å². The predicted molar refractivity (Wildman–Crippen MR) is 85.9 cm³/mol. The second-order valence-electron chi connectivity index (χ2n) is 8.69. The highest BCUT2D eigenvalue weighted by Gasteiger charge is 2.87. The van der Waals surface area contributed by atoms with Crippen molar-refractivity contribution in [2.75, 3.05) is 0 Å². The summed E-state index contributed by atoms with van der Waals surface area (Å²) in [5.41, 5.74) is -6.67. The normalized spacial score (nSPS) is 32.2. The van der Waals surface area contributed by atoms with Crippen LogP contribution in [-0.4, -0.2) is 41.9 Å². The first-order valence-electron chi connectivity index (χ1n) is 9.06. The minimum absolute atomic E-state index is 0.0598. The second kappa shape index (κ2) is 5.10. The van der Waals surface area contributed by atoms with Crippen LogP contribution in [-0.2, 0) is 12.1 Å². The number of rotatable bonds is 6. The molecule has 6 nitrogen and oxygen atoms in total. The fourth-order valence-electron chi connectivity index (χ4n) is 5.37. The largest absolute Gasteiger partial charge is 0.389 e. The number of hydrogen-bond acceptors (Lipinski definition) is 5. The van der Waals surface area contributed by atoms with Crippen molar-refractivity contribution < 1.29 is 27.8 Å². The molecule has 1 aromatic heterocycles. The Morgan fingerprint density at radius 3 is 2.36 bits per heavy atom. The molecule has 0 radical (unpaired) electrons. The summed E-state index contributed by atoms with van der Waals surface area (Å²) in [6.45, 7) is -0.797. The van der Waals surface area contributed by atoms with E-state index >= 15 is 8.78 Å². The zero-order valence-corrected chi connectivity index (χ0v) is 14.7. The Morgan fingerprint density at radius 2 is 1.82 bits per heavy atom. The molecule has 0 amide bonds. The molecule has 2 aromatic rings. The highest BCUT2D eigenvalue weighted by molar-refractivity contribution is 5.36. The molecule has 4 aliphatic rings. The molecule has 2 bridgehead atoms. The molecule has 1 heterocycles. The van der Waals surface area contributed by atoms with Crippen LogP contribution in [0.5, 0.6) is 0 Å². The van der Waals surface area contributed by atoms with Crippen molar-refractivity contribution in [2.45, 2.75) is 55.8 Å². The van der Waals surface area contributed by atoms with Gasteiger partial charge in [-0.3, -0.25) is 0 Å². The van der Waals surface area contributed by atoms with Gasteiger partial charge in [0.15, 0.2) is 5.60 Å². The van der Waals surface area contributed by atoms with Crippen molar-refractivity contribution >= 4 is 0 Å². The van der Waals surface area contributed by atoms with Crippen molar-refractivity contribution in [2.24, 2.45) is 10.8 Å². The third kappa shape index (κ3) is 2.02. The molecular weight excluding hydrogens is 380 g/mol. The molecular formula is C18H18F4N4O2. The lowest BCUT2D eigenvalue weighted by Gasteiger charge is -2.75. The third-order valence-corrected chi connectivity index (χ3v) is 7.09. The Kier molecular flexibility index (Phi) is 3.27. The van der Waals surface area contributed by atoms with Crippen molar-refractivity contribution in [3.8, 4) is 0 Å². The van der Waals surface area contributed by atoms with E-state index in [1.807, 2.05) is 0 Å². The fraction of sp³-hybridized carbons (Fsp3) is 0.611. The number of aliphatic hydroxyl groups is 2. The van der Waals surface area contributed by atoms with E-state index in [0.717, 1.165) is 23.1 Å². The molecule has 28 heavy (non-hydrogen) atoms. The number of alkyl halides is 2. The summed E-state index contributed by atoms with van der Waals surface area (Å²) >= 11 is 0. The number of tetrazole rings is 1. The molecule has 0 aliphatic heterocycles. The molecule has 4 aliphatic carbocycles. The summed E-state index contributed by atoms with van der Waals surface area (Å²) in [7, 11) is 0. The highest BCUT2D eigenvalue weighted by Crippen LogP contribution is 2.85. The van der Waals surface area contributed by atoms with Gasteiger partial charge in [-0.05, 0) is 54.7 Å². The smallest absolute Gasteiger partial charge is 0.287 e. The van der Waals surface area contributed by atoms with Gasteiger partial charge in [0.25, 0.3) is 5.92 Å². The Balaban J connectivity index is 1.55. The SMILES string of the molecule is OC1(C23CC(C(F)(F)[C@@](O)(Cn4cnnn4)c4ccc(F)cc4F)(C2)C3)CC1. The molecule has 4 saturated carbocycles. The van der Waals surface area contributed by atoms with Crippen LogP contribution in [0.25, 0.3) is 0 Å². The molecule has 10 heteroatoms. The Morgan fingerprint density at radius 1 is 1.14 bits per heavy atom. The molecule has 150 valence electrons. The first kappa shape index (κ1) is 18.0. The first-order valence-corrected chi connectivity index (χ1v) is 9.06. The summed E-state index contributed by atoms with van der Waals surface area (Å²) in [6.07, 6.45) is 2.41. The van der Waals surface area contributed by atoms with Gasteiger partial charge >= 0.3 is 0 Å². The van der Waals surface area contributed by atoms with E-state index in [2.05, 4.69) is 15.5 Å². The second-order valence-corrected chi connectivity index (χ2v) is 8.69. The Hall–Kier alpha value is -2.07. The van der Waals surface area contributed by atoms with E-state index in [9.17, 15) is 19.0 Å². The van der Waals surface area contributed by atoms with Gasteiger partial charge in [0, 0.05) is 22.5 Å². The standard InChI is InChI=1S/C18H18F4N4O2/c19-11-1-2-12(13(20)5-11)17(28,9-26-10-23-24-25-26)18(21,22)15-6-14(7-15,8-15)16(27)3-4-16/h1-2,5,10,27-28H,3-4,6-9H2/t14?,15?,17-/m1/s1. The van der Waals surface area contributed by atoms with E-state index in [4.69, 9.17) is 0 Å². The quantitative estimate of drug-likeness (QED) is 0.729. The topological polar surface area (TPSA) is 84.1 Å². The summed E-state index contributed by atoms with van der Waals surface area (Å²) in [4.78, 5) is 0. The lowest BCUT2D eigenvalue weighted by molar-refractivity contribution is -0.390. The number of halogens is 4. The maximum absolute atomic E-state index is 15.8. The van der Waals surface area contributed by atoms with Crippen LogP contribution in [0.1, 0.15) is 37.7 Å². The highest BCUT2D eigenvalue weighted by atomic mass is 19.3. The van der Waals surface area contributed by atoms with Crippen molar-refractivity contribution in [3.05, 3.63) is 41.7 Å². The van der Waals surface area contributed by atoms with Gasteiger partial charge in [0.05, 0.1) is 12.1 Å². The zero-order chi connectivity index (χ0) is 20.0. The van der Waals surface area contributed by atoms with Crippen molar-refractivity contribution in [1.29, 1.82) is 0 Å². The van der Waals surface area contributed by atoms with Crippen molar-refractivity contribution in [3.63, 3.8) is 0 Å². The molecule has 0 spiro atoms. The Bertz CT molecular complexity index is 927. The lowest BCUT2D eigenvalue weighted by Crippen LogP contribution is -2.77. The van der Waals surface area contributed by atoms with Crippen LogP contribution in [0.3, 0.4) is 0 Å². The van der Waals surface area contributed by atoms with Gasteiger partial charge in [0.1, 0.15) is 18.0 Å². The van der Waals surface area contributed by atoms with Crippen LogP contribution in [0.4, 0.5) is 17.6 Å². The summed E-state index contributed by atoms with van der Waals surface area (Å²) in [5, 5.41) is 31.8. The number of hydrogen-bond donors (Lipinski definition) is 2. The summed E-state index contributed by atoms with van der Waals surface area (Å²) in [5.74, 6) is -5.95. The molecule has 4 fully saturated rings. The molecule has 1 aromatic carbocycles. The summed E-state index contributed by atoms with van der Waals surface area (Å²) < 4.78 is 60.3. The number of benzene rings is 1. The lowest BCUT2D eigenvalue weighted by atomic mass is 9.30. The number of aromatic nitrogens is 4. The molecule has 0 saturated heterocycles. The van der Waals surface area contributed by atoms with Gasteiger partial charge in [-0.15, -0.1) is 5.10 Å². The molecule has 6 rings (SSSR count). The molecule has 2 N–H and O–H groups in total. The predicted octanol–water partition coefficient (Wildman–Crippen LogP) is 2.17. The molecule has 0 unspecified atom stereocenters. The fourth-order valence-corrected chi connectivity index (χ4v) is 5.37. The van der Waals surface area contributed by atoms with Crippen molar-refractivity contribution in [1.82, 2.24) is 20.2 Å². The average Bonchev–Trinajstić information content (AvgIpc) is 3.04. The average molecular weight is 398 g/mol. The van der Waals surface area contributed by atoms with E-state index in [0.29, 0.717) is 18.9 Å². The molecule has 1 atom stereocenters. The van der Waals surface area contributed by atoms with E-state index in [1.54, 1.807) is 0 Å². The monoisotopic (exact) mass is 398 g/mol. The zero-order valence-electron chi connectivity index (χ0n) is 14.7. The van der Waals surface area contributed by atoms with E-state index < -0.39 is 51.7 Å². The van der Waals surface area contributed by atoms with E-state index in [-0.39, 0.29) is 19.3 Å². The summed E-state index contributed by atoms with van der Waals surface area (Å²) in [6, 6.07) is 2.13. The first-order chi connectivity index (χ1) is 13.1. The Labute approximate surface area is 157 Å². The third-order valence-electron chi connectivity index (χ3n) is 7.09. The van der Waals surface area contributed by atoms with Gasteiger partial charge in [0.2, 0.25) is 0 Å². The van der Waals surface area contributed by atoms with Gasteiger partial charge in [-0.2, -0.15) is 0 Å². The van der Waals surface area contributed by atoms with Gasteiger partial charge in [-0.1, -0.05) is 0 Å². The maximum atomic E-state index is 15.8. The van der Waals surface area contributed by atoms with E-state index in [1.165, 1.54) is 0 Å². The van der Waals surface area contributed by atoms with Gasteiger partial charge in [-0.25, -0.2) is 22.2 Å². The van der Waals surface area contributed by atoms with Crippen LogP contribution in [0, 0.1) is 22.5 Å². The number of nitrogens with zero attached hydrogens (tertiary/aromatic N) is 4. The van der Waals surface area contributed by atoms with Crippen LogP contribution >= 0.6 is 0 Å². The maximum Gasteiger partial charge on any atom is 0.287 e. The van der Waals surface area contributed by atoms with Gasteiger partial charge < -0.3 is 10.2 Å².